The standard InChI is InChI=1S/C16H18F2N2O3.ClH/c17-11-2-1-3-12(18)14(11)20-9-6-13(15(20)21)19-7-4-10(5-8-19)16(22)23;/h1-3,10,13H,4-9H2,(H,22,23);1H. The molecule has 8 heteroatoms. The zero-order valence-corrected chi connectivity index (χ0v) is 13.8. The van der Waals surface area contributed by atoms with Gasteiger partial charge in [-0.3, -0.25) is 14.5 Å². The molecule has 0 spiro atoms. The smallest absolute Gasteiger partial charge is 0.306 e. The van der Waals surface area contributed by atoms with Crippen molar-refractivity contribution >= 4 is 30.0 Å². The Morgan fingerprint density at radius 2 is 1.67 bits per heavy atom. The molecule has 0 saturated carbocycles. The Labute approximate surface area is 144 Å². The van der Waals surface area contributed by atoms with Crippen molar-refractivity contribution in [3.8, 4) is 0 Å². The van der Waals surface area contributed by atoms with Gasteiger partial charge >= 0.3 is 5.97 Å². The molecule has 1 unspecified atom stereocenters. The lowest BCUT2D eigenvalue weighted by atomic mass is 9.96. The van der Waals surface area contributed by atoms with Gasteiger partial charge in [0.1, 0.15) is 17.3 Å². The van der Waals surface area contributed by atoms with Crippen molar-refractivity contribution in [1.82, 2.24) is 4.90 Å². The fourth-order valence-corrected chi connectivity index (χ4v) is 3.43. The van der Waals surface area contributed by atoms with Crippen LogP contribution < -0.4 is 4.90 Å². The van der Waals surface area contributed by atoms with Crippen LogP contribution in [0.3, 0.4) is 0 Å². The van der Waals surface area contributed by atoms with Gasteiger partial charge in [0.05, 0.1) is 12.0 Å². The van der Waals surface area contributed by atoms with E-state index in [0.717, 1.165) is 12.1 Å². The Kier molecular flexibility index (Phi) is 5.77. The second-order valence-corrected chi connectivity index (χ2v) is 6.01. The average Bonchev–Trinajstić information content (AvgIpc) is 2.89. The Bertz CT molecular complexity index is 615. The molecule has 2 aliphatic heterocycles. The number of anilines is 1. The number of piperidine rings is 1. The van der Waals surface area contributed by atoms with Gasteiger partial charge in [0.15, 0.2) is 0 Å². The summed E-state index contributed by atoms with van der Waals surface area (Å²) in [4.78, 5) is 26.6. The normalized spacial score (nSPS) is 22.5. The quantitative estimate of drug-likeness (QED) is 0.898. The lowest BCUT2D eigenvalue weighted by Gasteiger charge is -2.33. The van der Waals surface area contributed by atoms with Crippen LogP contribution in [0, 0.1) is 17.6 Å². The van der Waals surface area contributed by atoms with Crippen molar-refractivity contribution in [3.63, 3.8) is 0 Å². The average molecular weight is 361 g/mol. The lowest BCUT2D eigenvalue weighted by molar-refractivity contribution is -0.143. The van der Waals surface area contributed by atoms with Gasteiger partial charge in [-0.1, -0.05) is 6.07 Å². The number of rotatable bonds is 3. The predicted octanol–water partition coefficient (Wildman–Crippen LogP) is 2.29. The molecule has 0 bridgehead atoms. The van der Waals surface area contributed by atoms with E-state index in [0.29, 0.717) is 32.4 Å². The predicted molar refractivity (Wildman–Crippen MR) is 86.3 cm³/mol. The van der Waals surface area contributed by atoms with Gasteiger partial charge in [-0.05, 0) is 44.5 Å². The van der Waals surface area contributed by atoms with E-state index in [4.69, 9.17) is 5.11 Å². The van der Waals surface area contributed by atoms with Crippen molar-refractivity contribution < 1.29 is 23.5 Å². The highest BCUT2D eigenvalue weighted by molar-refractivity contribution is 5.99. The minimum atomic E-state index is -0.808. The molecule has 0 aromatic heterocycles. The third-order valence-corrected chi connectivity index (χ3v) is 4.70. The number of aliphatic carboxylic acids is 1. The molecule has 132 valence electrons. The second kappa shape index (κ2) is 7.44. The molecule has 2 heterocycles. The molecular formula is C16H19ClF2N2O3. The van der Waals surface area contributed by atoms with E-state index in [1.54, 1.807) is 0 Å². The maximum Gasteiger partial charge on any atom is 0.306 e. The molecule has 3 rings (SSSR count). The number of carboxylic acid groups (broad SMARTS) is 1. The third-order valence-electron chi connectivity index (χ3n) is 4.70. The van der Waals surface area contributed by atoms with Gasteiger partial charge in [-0.2, -0.15) is 0 Å². The minimum Gasteiger partial charge on any atom is -0.481 e. The molecule has 2 saturated heterocycles. The molecule has 1 N–H and O–H groups in total. The topological polar surface area (TPSA) is 60.9 Å². The molecule has 0 aliphatic carbocycles. The van der Waals surface area contributed by atoms with Crippen molar-refractivity contribution in [2.24, 2.45) is 5.92 Å². The molecule has 5 nitrogen and oxygen atoms in total. The summed E-state index contributed by atoms with van der Waals surface area (Å²) < 4.78 is 27.7. The first-order valence-corrected chi connectivity index (χ1v) is 7.71. The van der Waals surface area contributed by atoms with Crippen molar-refractivity contribution in [2.75, 3.05) is 24.5 Å². The number of carboxylic acids is 1. The highest BCUT2D eigenvalue weighted by Crippen LogP contribution is 2.30. The van der Waals surface area contributed by atoms with E-state index in [1.165, 1.54) is 11.0 Å². The fourth-order valence-electron chi connectivity index (χ4n) is 3.43. The number of halogens is 3. The van der Waals surface area contributed by atoms with Crippen LogP contribution in [0.15, 0.2) is 18.2 Å². The zero-order valence-electron chi connectivity index (χ0n) is 13.0. The molecule has 1 aromatic rings. The summed E-state index contributed by atoms with van der Waals surface area (Å²) >= 11 is 0. The van der Waals surface area contributed by atoms with Crippen molar-refractivity contribution in [2.45, 2.75) is 25.3 Å². The minimum absolute atomic E-state index is 0. The number of carbonyl (C=O) groups is 2. The van der Waals surface area contributed by atoms with Gasteiger partial charge in [-0.25, -0.2) is 8.78 Å². The van der Waals surface area contributed by atoms with E-state index >= 15 is 0 Å². The number of likely N-dealkylation sites (tertiary alicyclic amines) is 1. The monoisotopic (exact) mass is 360 g/mol. The van der Waals surface area contributed by atoms with E-state index in [9.17, 15) is 18.4 Å². The Hall–Kier alpha value is -1.73. The Balaban J connectivity index is 0.00000208. The number of benzene rings is 1. The number of para-hydroxylation sites is 1. The molecule has 0 radical (unpaired) electrons. The van der Waals surface area contributed by atoms with Crippen LogP contribution in [-0.2, 0) is 9.59 Å². The summed E-state index contributed by atoms with van der Waals surface area (Å²) in [5.41, 5.74) is -0.291. The van der Waals surface area contributed by atoms with Crippen molar-refractivity contribution in [1.29, 1.82) is 0 Å². The molecule has 2 fully saturated rings. The molecule has 24 heavy (non-hydrogen) atoms. The van der Waals surface area contributed by atoms with Gasteiger partial charge in [0, 0.05) is 6.54 Å². The first-order valence-electron chi connectivity index (χ1n) is 7.71. The largest absolute Gasteiger partial charge is 0.481 e. The zero-order chi connectivity index (χ0) is 16.6. The molecule has 1 aromatic carbocycles. The maximum absolute atomic E-state index is 13.9. The van der Waals surface area contributed by atoms with Crippen LogP contribution in [0.1, 0.15) is 19.3 Å². The molecule has 1 amide bonds. The maximum atomic E-state index is 13.9. The number of nitrogens with zero attached hydrogens (tertiary/aromatic N) is 2. The molecular weight excluding hydrogens is 342 g/mol. The van der Waals surface area contributed by atoms with E-state index < -0.39 is 23.6 Å². The van der Waals surface area contributed by atoms with Crippen molar-refractivity contribution in [3.05, 3.63) is 29.8 Å². The summed E-state index contributed by atoms with van der Waals surface area (Å²) in [5.74, 6) is -2.99. The SMILES string of the molecule is Cl.O=C(O)C1CCN(C2CCN(c3c(F)cccc3F)C2=O)CC1. The fraction of sp³-hybridized carbons (Fsp3) is 0.500. The van der Waals surface area contributed by atoms with Crippen LogP contribution in [0.4, 0.5) is 14.5 Å². The van der Waals surface area contributed by atoms with Crippen LogP contribution in [-0.4, -0.2) is 47.6 Å². The van der Waals surface area contributed by atoms with Crippen LogP contribution >= 0.6 is 12.4 Å². The van der Waals surface area contributed by atoms with E-state index in [-0.39, 0.29) is 36.5 Å². The number of hydrogen-bond acceptors (Lipinski definition) is 3. The van der Waals surface area contributed by atoms with Gasteiger partial charge < -0.3 is 10.0 Å². The van der Waals surface area contributed by atoms with E-state index in [1.807, 2.05) is 4.90 Å². The molecule has 1 atom stereocenters. The third kappa shape index (κ3) is 3.37. The Morgan fingerprint density at radius 1 is 1.08 bits per heavy atom. The number of amides is 1. The summed E-state index contributed by atoms with van der Waals surface area (Å²) in [6, 6.07) is 3.11. The summed E-state index contributed by atoms with van der Waals surface area (Å²) in [6.45, 7) is 1.29. The first kappa shape index (κ1) is 18.6. The molecule has 2 aliphatic rings. The first-order chi connectivity index (χ1) is 11.0. The van der Waals surface area contributed by atoms with Gasteiger partial charge in [0.2, 0.25) is 5.91 Å². The summed E-state index contributed by atoms with van der Waals surface area (Å²) in [6.07, 6.45) is 1.48. The van der Waals surface area contributed by atoms with Crippen LogP contribution in [0.2, 0.25) is 0 Å². The highest BCUT2D eigenvalue weighted by Gasteiger charge is 2.40. The number of hydrogen-bond donors (Lipinski definition) is 1. The van der Waals surface area contributed by atoms with Gasteiger partial charge in [-0.15, -0.1) is 12.4 Å². The van der Waals surface area contributed by atoms with E-state index in [2.05, 4.69) is 0 Å². The second-order valence-electron chi connectivity index (χ2n) is 6.01. The summed E-state index contributed by atoms with van der Waals surface area (Å²) in [7, 11) is 0. The Morgan fingerprint density at radius 3 is 2.21 bits per heavy atom. The van der Waals surface area contributed by atoms with Gasteiger partial charge in [0.25, 0.3) is 0 Å². The van der Waals surface area contributed by atoms with Crippen LogP contribution in [0.5, 0.6) is 0 Å². The lowest BCUT2D eigenvalue weighted by Crippen LogP contribution is -2.46. The van der Waals surface area contributed by atoms with Crippen LogP contribution in [0.25, 0.3) is 0 Å². The highest BCUT2D eigenvalue weighted by atomic mass is 35.5. The summed E-state index contributed by atoms with van der Waals surface area (Å²) in [5, 5.41) is 9.02. The number of carbonyl (C=O) groups excluding carboxylic acids is 1.